The summed E-state index contributed by atoms with van der Waals surface area (Å²) in [6, 6.07) is 0.872. The molecule has 0 aromatic heterocycles. The molecule has 0 heterocycles. The molecule has 0 amide bonds. The minimum absolute atomic E-state index is 0.368. The van der Waals surface area contributed by atoms with E-state index in [0.717, 1.165) is 0 Å². The van der Waals surface area contributed by atoms with Gasteiger partial charge in [0.15, 0.2) is 6.29 Å². The van der Waals surface area contributed by atoms with E-state index < -0.39 is 34.7 Å². The third-order valence-electron chi connectivity index (χ3n) is 2.01. The van der Waals surface area contributed by atoms with Crippen LogP contribution in [0.1, 0.15) is 21.5 Å². The first-order valence-electron chi connectivity index (χ1n) is 4.23. The number of hydrogen-bond acceptors (Lipinski definition) is 3. The van der Waals surface area contributed by atoms with Crippen LogP contribution in [0.15, 0.2) is 17.3 Å². The summed E-state index contributed by atoms with van der Waals surface area (Å²) in [5.41, 5.74) is -7.08. The van der Waals surface area contributed by atoms with Gasteiger partial charge in [0.05, 0.1) is 11.1 Å². The van der Waals surface area contributed by atoms with Crippen LogP contribution in [0.5, 0.6) is 0 Å². The van der Waals surface area contributed by atoms with Gasteiger partial charge in [0.2, 0.25) is 0 Å². The zero-order valence-electron chi connectivity index (χ0n) is 8.26. The molecule has 0 atom stereocenters. The van der Waals surface area contributed by atoms with Crippen LogP contribution in [0.3, 0.4) is 0 Å². The number of nitrogens with zero attached hydrogens (tertiary/aromatic N) is 1. The molecule has 0 saturated carbocycles. The normalized spacial score (nSPS) is 12.3. The van der Waals surface area contributed by atoms with E-state index in [1.165, 1.54) is 0 Å². The van der Waals surface area contributed by atoms with E-state index in [2.05, 4.69) is 0 Å². The van der Waals surface area contributed by atoms with E-state index in [1.807, 2.05) is 5.18 Å². The van der Waals surface area contributed by atoms with Gasteiger partial charge in [-0.25, -0.2) is 0 Å². The summed E-state index contributed by atoms with van der Waals surface area (Å²) in [5, 5.41) is 1.90. The SMILES string of the molecule is O=Cc1ccc(N=O)c(C(F)(F)F)c1C(F)(F)F. The Bertz CT molecular complexity index is 446. The van der Waals surface area contributed by atoms with Crippen molar-refractivity contribution in [1.29, 1.82) is 0 Å². The third kappa shape index (κ3) is 2.49. The molecule has 3 nitrogen and oxygen atoms in total. The van der Waals surface area contributed by atoms with E-state index >= 15 is 0 Å². The second kappa shape index (κ2) is 4.39. The summed E-state index contributed by atoms with van der Waals surface area (Å²) in [6.07, 6.45) is -11.2. The molecule has 0 aliphatic rings. The van der Waals surface area contributed by atoms with Crippen molar-refractivity contribution < 1.29 is 31.1 Å². The highest BCUT2D eigenvalue weighted by molar-refractivity contribution is 5.80. The number of benzene rings is 1. The molecule has 1 rings (SSSR count). The van der Waals surface area contributed by atoms with Crippen LogP contribution in [0, 0.1) is 4.91 Å². The highest BCUT2D eigenvalue weighted by atomic mass is 19.4. The zero-order chi connectivity index (χ0) is 14.1. The maximum absolute atomic E-state index is 12.5. The molecule has 0 N–H and O–H groups in total. The Hall–Kier alpha value is -1.93. The van der Waals surface area contributed by atoms with Crippen LogP contribution in [-0.2, 0) is 12.4 Å². The molecule has 0 aliphatic carbocycles. The van der Waals surface area contributed by atoms with Gasteiger partial charge in [0.1, 0.15) is 5.69 Å². The average Bonchev–Trinajstić information content (AvgIpc) is 2.24. The molecule has 0 unspecified atom stereocenters. The van der Waals surface area contributed by atoms with Crippen LogP contribution < -0.4 is 0 Å². The average molecular weight is 271 g/mol. The summed E-state index contributed by atoms with van der Waals surface area (Å²) in [7, 11) is 0. The Labute approximate surface area is 95.4 Å². The monoisotopic (exact) mass is 271 g/mol. The molecule has 0 saturated heterocycles. The zero-order valence-corrected chi connectivity index (χ0v) is 8.26. The van der Waals surface area contributed by atoms with Crippen LogP contribution in [-0.4, -0.2) is 6.29 Å². The minimum Gasteiger partial charge on any atom is -0.298 e. The molecular weight excluding hydrogens is 268 g/mol. The fourth-order valence-electron chi connectivity index (χ4n) is 1.37. The van der Waals surface area contributed by atoms with Crippen molar-refractivity contribution in [2.75, 3.05) is 0 Å². The van der Waals surface area contributed by atoms with Crippen molar-refractivity contribution in [2.24, 2.45) is 5.18 Å². The molecule has 98 valence electrons. The predicted molar refractivity (Wildman–Crippen MR) is 47.3 cm³/mol. The molecule has 0 radical (unpaired) electrons. The molecule has 1 aromatic rings. The van der Waals surface area contributed by atoms with Gasteiger partial charge in [-0.3, -0.25) is 4.79 Å². The standard InChI is InChI=1S/C9H3F6NO2/c10-8(11,12)6-4(3-17)1-2-5(16-18)7(6)9(13,14)15/h1-3H. The maximum atomic E-state index is 12.5. The van der Waals surface area contributed by atoms with Crippen molar-refractivity contribution in [1.82, 2.24) is 0 Å². The van der Waals surface area contributed by atoms with Gasteiger partial charge < -0.3 is 0 Å². The third-order valence-corrected chi connectivity index (χ3v) is 2.01. The molecule has 18 heavy (non-hydrogen) atoms. The summed E-state index contributed by atoms with van der Waals surface area (Å²) in [4.78, 5) is 20.5. The van der Waals surface area contributed by atoms with Crippen molar-refractivity contribution >= 4 is 12.0 Å². The van der Waals surface area contributed by atoms with Gasteiger partial charge in [-0.1, -0.05) is 0 Å². The van der Waals surface area contributed by atoms with Crippen molar-refractivity contribution in [3.05, 3.63) is 33.7 Å². The lowest BCUT2D eigenvalue weighted by Crippen LogP contribution is -2.19. The van der Waals surface area contributed by atoms with E-state index in [0.29, 0.717) is 12.1 Å². The smallest absolute Gasteiger partial charge is 0.298 e. The van der Waals surface area contributed by atoms with Crippen molar-refractivity contribution in [2.45, 2.75) is 12.4 Å². The Morgan fingerprint density at radius 1 is 0.944 bits per heavy atom. The van der Waals surface area contributed by atoms with Crippen LogP contribution >= 0.6 is 0 Å². The maximum Gasteiger partial charge on any atom is 0.419 e. The molecule has 1 aromatic carbocycles. The number of nitroso groups, excluding NO2 is 1. The molecule has 0 spiro atoms. The fourth-order valence-corrected chi connectivity index (χ4v) is 1.37. The summed E-state index contributed by atoms with van der Waals surface area (Å²) < 4.78 is 75.2. The number of alkyl halides is 6. The molecule has 0 bridgehead atoms. The van der Waals surface area contributed by atoms with Gasteiger partial charge in [-0.2, -0.15) is 26.3 Å². The van der Waals surface area contributed by atoms with Gasteiger partial charge in [-0.15, -0.1) is 4.91 Å². The lowest BCUT2D eigenvalue weighted by Gasteiger charge is -2.17. The van der Waals surface area contributed by atoms with E-state index in [4.69, 9.17) is 0 Å². The number of halogens is 6. The fraction of sp³-hybridized carbons (Fsp3) is 0.222. The second-order valence-electron chi connectivity index (χ2n) is 3.13. The number of carbonyl (C=O) groups excluding carboxylic acids is 1. The van der Waals surface area contributed by atoms with E-state index in [1.54, 1.807) is 0 Å². The molecule has 9 heteroatoms. The Morgan fingerprint density at radius 2 is 1.44 bits per heavy atom. The molecule has 0 fully saturated rings. The number of hydrogen-bond donors (Lipinski definition) is 0. The first kappa shape index (κ1) is 14.1. The van der Waals surface area contributed by atoms with Crippen molar-refractivity contribution in [3.63, 3.8) is 0 Å². The van der Waals surface area contributed by atoms with Gasteiger partial charge in [-0.05, 0) is 17.3 Å². The van der Waals surface area contributed by atoms with E-state index in [-0.39, 0.29) is 6.29 Å². The first-order valence-corrected chi connectivity index (χ1v) is 4.23. The number of carbonyl (C=O) groups is 1. The van der Waals surface area contributed by atoms with E-state index in [9.17, 15) is 36.0 Å². The highest BCUT2D eigenvalue weighted by Gasteiger charge is 2.47. The Balaban J connectivity index is 3.82. The largest absolute Gasteiger partial charge is 0.419 e. The molecule has 0 aliphatic heterocycles. The lowest BCUT2D eigenvalue weighted by molar-refractivity contribution is -0.161. The second-order valence-corrected chi connectivity index (χ2v) is 3.13. The summed E-state index contributed by atoms with van der Waals surface area (Å²) in [5.74, 6) is 0. The topological polar surface area (TPSA) is 46.5 Å². The predicted octanol–water partition coefficient (Wildman–Crippen LogP) is 3.93. The first-order chi connectivity index (χ1) is 8.12. The Kier molecular flexibility index (Phi) is 3.45. The van der Waals surface area contributed by atoms with Gasteiger partial charge >= 0.3 is 12.4 Å². The molecular formula is C9H3F6NO2. The number of rotatable bonds is 2. The van der Waals surface area contributed by atoms with Crippen molar-refractivity contribution in [3.8, 4) is 0 Å². The highest BCUT2D eigenvalue weighted by Crippen LogP contribution is 2.46. The summed E-state index contributed by atoms with van der Waals surface area (Å²) >= 11 is 0. The van der Waals surface area contributed by atoms with Crippen LogP contribution in [0.25, 0.3) is 0 Å². The lowest BCUT2D eigenvalue weighted by atomic mass is 9.99. The van der Waals surface area contributed by atoms with Gasteiger partial charge in [0.25, 0.3) is 0 Å². The number of aldehydes is 1. The minimum atomic E-state index is -5.45. The quantitative estimate of drug-likeness (QED) is 0.464. The van der Waals surface area contributed by atoms with Crippen LogP contribution in [0.4, 0.5) is 32.0 Å². The van der Waals surface area contributed by atoms with Gasteiger partial charge in [0, 0.05) is 5.56 Å². The Morgan fingerprint density at radius 3 is 1.78 bits per heavy atom. The summed E-state index contributed by atoms with van der Waals surface area (Å²) in [6.45, 7) is 0. The van der Waals surface area contributed by atoms with Crippen LogP contribution in [0.2, 0.25) is 0 Å².